The maximum atomic E-state index is 11.6. The Balaban J connectivity index is 1.75. The zero-order chi connectivity index (χ0) is 13.2. The summed E-state index contributed by atoms with van der Waals surface area (Å²) in [6.07, 6.45) is 7.04. The zero-order valence-electron chi connectivity index (χ0n) is 10.1. The molecule has 0 aromatic carbocycles. The Hall–Kier alpha value is -2.64. The number of hydrogen-bond acceptors (Lipinski definition) is 5. The number of aromatic amines is 2. The highest BCUT2D eigenvalue weighted by Crippen LogP contribution is 2.07. The van der Waals surface area contributed by atoms with Crippen molar-refractivity contribution in [1.82, 2.24) is 29.5 Å². The quantitative estimate of drug-likeness (QED) is 0.612. The molecule has 19 heavy (non-hydrogen) atoms. The van der Waals surface area contributed by atoms with E-state index in [0.29, 0.717) is 11.2 Å². The van der Waals surface area contributed by atoms with Crippen LogP contribution in [0.4, 0.5) is 5.95 Å². The Bertz CT molecular complexity index is 740. The number of aromatic nitrogens is 6. The number of fused-ring (bicyclic) bond motifs is 1. The van der Waals surface area contributed by atoms with Gasteiger partial charge >= 0.3 is 0 Å². The summed E-state index contributed by atoms with van der Waals surface area (Å²) in [5.74, 6) is 0.813. The lowest BCUT2D eigenvalue weighted by molar-refractivity contribution is 0.631. The summed E-state index contributed by atoms with van der Waals surface area (Å²) >= 11 is 0. The first-order valence-electron chi connectivity index (χ1n) is 5.92. The molecule has 0 unspecified atom stereocenters. The van der Waals surface area contributed by atoms with Crippen molar-refractivity contribution >= 4 is 17.1 Å². The number of rotatable bonds is 4. The molecule has 0 atom stereocenters. The van der Waals surface area contributed by atoms with Gasteiger partial charge in [-0.25, -0.2) is 9.97 Å². The minimum absolute atomic E-state index is 0.0777. The standard InChI is InChI=1S/C11H13N7O/c12-11-16-9-8(10(19)17-11)14-7(15-9)2-1-4-18-5-3-13-6-18/h3,5-6H,1-2,4H2,(H4,12,14,15,16,17,19). The Morgan fingerprint density at radius 3 is 3.00 bits per heavy atom. The molecule has 0 spiro atoms. The van der Waals surface area contributed by atoms with Crippen molar-refractivity contribution < 1.29 is 0 Å². The first kappa shape index (κ1) is 11.5. The van der Waals surface area contributed by atoms with E-state index in [1.165, 1.54) is 0 Å². The molecule has 0 radical (unpaired) electrons. The van der Waals surface area contributed by atoms with Crippen LogP contribution in [0.5, 0.6) is 0 Å². The highest BCUT2D eigenvalue weighted by Gasteiger charge is 2.08. The molecule has 0 bridgehead atoms. The van der Waals surface area contributed by atoms with E-state index in [2.05, 4.69) is 24.9 Å². The number of nitrogens with two attached hydrogens (primary N) is 1. The number of nitrogens with zero attached hydrogens (tertiary/aromatic N) is 4. The van der Waals surface area contributed by atoms with E-state index in [9.17, 15) is 4.79 Å². The average molecular weight is 259 g/mol. The molecular formula is C11H13N7O. The second-order valence-corrected chi connectivity index (χ2v) is 4.24. The van der Waals surface area contributed by atoms with Gasteiger partial charge in [-0.3, -0.25) is 9.78 Å². The van der Waals surface area contributed by atoms with Crippen molar-refractivity contribution in [3.8, 4) is 0 Å². The van der Waals surface area contributed by atoms with Gasteiger partial charge in [-0.15, -0.1) is 0 Å². The highest BCUT2D eigenvalue weighted by atomic mass is 16.1. The second kappa shape index (κ2) is 4.56. The van der Waals surface area contributed by atoms with Crippen LogP contribution in [0.3, 0.4) is 0 Å². The molecule has 3 rings (SSSR count). The van der Waals surface area contributed by atoms with Crippen molar-refractivity contribution in [2.45, 2.75) is 19.4 Å². The normalized spacial score (nSPS) is 11.2. The first-order valence-corrected chi connectivity index (χ1v) is 5.92. The van der Waals surface area contributed by atoms with Crippen molar-refractivity contribution in [1.29, 1.82) is 0 Å². The molecule has 3 heterocycles. The van der Waals surface area contributed by atoms with Crippen LogP contribution in [0, 0.1) is 0 Å². The number of hydrogen-bond donors (Lipinski definition) is 3. The van der Waals surface area contributed by atoms with Crippen LogP contribution < -0.4 is 11.3 Å². The average Bonchev–Trinajstić information content (AvgIpc) is 2.98. The molecule has 8 heteroatoms. The molecule has 0 aliphatic carbocycles. The second-order valence-electron chi connectivity index (χ2n) is 4.24. The van der Waals surface area contributed by atoms with Gasteiger partial charge in [-0.2, -0.15) is 4.98 Å². The van der Waals surface area contributed by atoms with Gasteiger partial charge in [0.05, 0.1) is 6.33 Å². The number of nitrogens with one attached hydrogen (secondary N) is 2. The van der Waals surface area contributed by atoms with Crippen molar-refractivity contribution in [2.24, 2.45) is 0 Å². The molecule has 0 aliphatic heterocycles. The van der Waals surface area contributed by atoms with E-state index in [0.717, 1.165) is 25.2 Å². The fraction of sp³-hybridized carbons (Fsp3) is 0.273. The van der Waals surface area contributed by atoms with Gasteiger partial charge in [0.25, 0.3) is 5.56 Å². The zero-order valence-corrected chi connectivity index (χ0v) is 10.1. The van der Waals surface area contributed by atoms with Crippen LogP contribution in [0.25, 0.3) is 11.2 Å². The molecule has 98 valence electrons. The van der Waals surface area contributed by atoms with Gasteiger partial charge in [0.15, 0.2) is 11.2 Å². The number of anilines is 1. The van der Waals surface area contributed by atoms with Gasteiger partial charge in [0, 0.05) is 25.4 Å². The van der Waals surface area contributed by atoms with Gasteiger partial charge in [0.1, 0.15) is 5.82 Å². The van der Waals surface area contributed by atoms with E-state index >= 15 is 0 Å². The molecule has 0 saturated carbocycles. The fourth-order valence-corrected chi connectivity index (χ4v) is 1.94. The number of imidazole rings is 2. The third-order valence-corrected chi connectivity index (χ3v) is 2.82. The summed E-state index contributed by atoms with van der Waals surface area (Å²) in [4.78, 5) is 29.2. The maximum Gasteiger partial charge on any atom is 0.278 e. The predicted octanol–water partition coefficient (Wildman–Crippen LogP) is 0.0577. The largest absolute Gasteiger partial charge is 0.369 e. The number of aryl methyl sites for hydroxylation is 2. The summed E-state index contributed by atoms with van der Waals surface area (Å²) in [5, 5.41) is 0. The summed E-state index contributed by atoms with van der Waals surface area (Å²) < 4.78 is 1.99. The fourth-order valence-electron chi connectivity index (χ4n) is 1.94. The van der Waals surface area contributed by atoms with Crippen LogP contribution in [0.1, 0.15) is 12.2 Å². The van der Waals surface area contributed by atoms with Gasteiger partial charge in [0.2, 0.25) is 5.95 Å². The number of nitrogen functional groups attached to an aromatic ring is 1. The number of H-pyrrole nitrogens is 2. The van der Waals surface area contributed by atoms with Crippen molar-refractivity contribution in [2.75, 3.05) is 5.73 Å². The lowest BCUT2D eigenvalue weighted by atomic mass is 10.3. The lowest BCUT2D eigenvalue weighted by Crippen LogP contribution is -2.10. The van der Waals surface area contributed by atoms with Crippen LogP contribution in [0.15, 0.2) is 23.5 Å². The summed E-state index contributed by atoms with van der Waals surface area (Å²) in [6.45, 7) is 0.850. The highest BCUT2D eigenvalue weighted by molar-refractivity contribution is 5.70. The molecular weight excluding hydrogens is 246 g/mol. The Morgan fingerprint density at radius 1 is 1.32 bits per heavy atom. The smallest absolute Gasteiger partial charge is 0.278 e. The van der Waals surface area contributed by atoms with Crippen LogP contribution in [-0.2, 0) is 13.0 Å². The monoisotopic (exact) mass is 259 g/mol. The summed E-state index contributed by atoms with van der Waals surface area (Å²) in [7, 11) is 0. The summed E-state index contributed by atoms with van der Waals surface area (Å²) in [5.41, 5.74) is 5.90. The van der Waals surface area contributed by atoms with Gasteiger partial charge in [-0.05, 0) is 6.42 Å². The molecule has 3 aromatic rings. The molecule has 0 amide bonds. The molecule has 8 nitrogen and oxygen atoms in total. The lowest BCUT2D eigenvalue weighted by Gasteiger charge is -1.99. The van der Waals surface area contributed by atoms with Crippen LogP contribution in [0.2, 0.25) is 0 Å². The van der Waals surface area contributed by atoms with Gasteiger partial charge in [-0.1, -0.05) is 0 Å². The van der Waals surface area contributed by atoms with Gasteiger partial charge < -0.3 is 15.3 Å². The minimum atomic E-state index is -0.296. The van der Waals surface area contributed by atoms with E-state index in [-0.39, 0.29) is 11.5 Å². The molecule has 0 fully saturated rings. The van der Waals surface area contributed by atoms with Crippen molar-refractivity contribution in [3.63, 3.8) is 0 Å². The Kier molecular flexibility index (Phi) is 2.75. The van der Waals surface area contributed by atoms with Crippen LogP contribution >= 0.6 is 0 Å². The van der Waals surface area contributed by atoms with Crippen molar-refractivity contribution in [3.05, 3.63) is 34.9 Å². The topological polar surface area (TPSA) is 118 Å². The Labute approximate surface area is 107 Å². The summed E-state index contributed by atoms with van der Waals surface area (Å²) in [6, 6.07) is 0. The van der Waals surface area contributed by atoms with E-state index < -0.39 is 0 Å². The molecule has 0 aliphatic rings. The van der Waals surface area contributed by atoms with Crippen LogP contribution in [-0.4, -0.2) is 29.5 Å². The predicted molar refractivity (Wildman–Crippen MR) is 69.5 cm³/mol. The third-order valence-electron chi connectivity index (χ3n) is 2.82. The van der Waals surface area contributed by atoms with E-state index in [1.54, 1.807) is 12.5 Å². The third kappa shape index (κ3) is 2.32. The Morgan fingerprint density at radius 2 is 2.21 bits per heavy atom. The van der Waals surface area contributed by atoms with E-state index in [1.807, 2.05) is 10.8 Å². The SMILES string of the molecule is Nc1nc2nc(CCCn3ccnc3)[nH]c2c(=O)[nH]1. The maximum absolute atomic E-state index is 11.6. The van der Waals surface area contributed by atoms with E-state index in [4.69, 9.17) is 5.73 Å². The molecule has 3 aromatic heterocycles. The first-order chi connectivity index (χ1) is 9.22. The molecule has 0 saturated heterocycles. The molecule has 4 N–H and O–H groups in total. The minimum Gasteiger partial charge on any atom is -0.369 e.